The van der Waals surface area contributed by atoms with Gasteiger partial charge in [-0.25, -0.2) is 4.98 Å². The van der Waals surface area contributed by atoms with E-state index in [0.717, 1.165) is 44.6 Å². The molecule has 2 aromatic heterocycles. The van der Waals surface area contributed by atoms with E-state index >= 15 is 0 Å². The Bertz CT molecular complexity index is 1330. The lowest BCUT2D eigenvalue weighted by Gasteiger charge is -2.30. The van der Waals surface area contributed by atoms with Crippen LogP contribution in [0.1, 0.15) is 26.5 Å². The van der Waals surface area contributed by atoms with Crippen molar-refractivity contribution < 1.29 is 7.16 Å². The fourth-order valence-corrected chi connectivity index (χ4v) is 4.84. The molecule has 2 atom stereocenters. The highest BCUT2D eigenvalue weighted by molar-refractivity contribution is 6.08. The van der Waals surface area contributed by atoms with Gasteiger partial charge in [-0.05, 0) is 56.5 Å². The lowest BCUT2D eigenvalue weighted by Crippen LogP contribution is -2.38. The molecule has 4 aromatic rings. The zero-order valence-electron chi connectivity index (χ0n) is 18.2. The SMILES string of the molecule is [2H]C1([2H])c2ccccc2N2CC1N(c1c(C)ccc3c1oc1nc(C)ccc13)C2C. The number of fused-ring (bicyclic) bond motifs is 7. The smallest absolute Gasteiger partial charge is 0.227 e. The lowest BCUT2D eigenvalue weighted by atomic mass is 9.99. The minimum Gasteiger partial charge on any atom is -0.436 e. The molecule has 2 aliphatic rings. The highest BCUT2D eigenvalue weighted by Gasteiger charge is 2.42. The summed E-state index contributed by atoms with van der Waals surface area (Å²) in [5.74, 6) is 0. The first-order valence-electron chi connectivity index (χ1n) is 10.8. The van der Waals surface area contributed by atoms with E-state index in [0.29, 0.717) is 12.3 Å². The predicted molar refractivity (Wildman–Crippen MR) is 114 cm³/mol. The van der Waals surface area contributed by atoms with Gasteiger partial charge in [-0.2, -0.15) is 0 Å². The molecule has 4 nitrogen and oxygen atoms in total. The molecule has 2 bridgehead atoms. The van der Waals surface area contributed by atoms with Crippen molar-refractivity contribution in [2.75, 3.05) is 16.3 Å². The molecule has 1 fully saturated rings. The van der Waals surface area contributed by atoms with Gasteiger partial charge in [-0.1, -0.05) is 30.3 Å². The number of anilines is 2. The van der Waals surface area contributed by atoms with Crippen molar-refractivity contribution in [3.05, 3.63) is 65.4 Å². The molecule has 2 aromatic carbocycles. The van der Waals surface area contributed by atoms with Gasteiger partial charge in [0.05, 0.1) is 17.9 Å². The number of nitrogens with zero attached hydrogens (tertiary/aromatic N) is 3. The van der Waals surface area contributed by atoms with Crippen molar-refractivity contribution in [2.24, 2.45) is 0 Å². The summed E-state index contributed by atoms with van der Waals surface area (Å²) in [6.45, 7) is 6.84. The summed E-state index contributed by atoms with van der Waals surface area (Å²) in [5.41, 5.74) is 6.16. The Hall–Kier alpha value is -3.01. The van der Waals surface area contributed by atoms with Crippen molar-refractivity contribution in [1.82, 2.24) is 4.98 Å². The van der Waals surface area contributed by atoms with Gasteiger partial charge in [0.2, 0.25) is 5.71 Å². The van der Waals surface area contributed by atoms with Crippen LogP contribution in [-0.2, 0) is 6.37 Å². The van der Waals surface area contributed by atoms with Crippen LogP contribution in [-0.4, -0.2) is 23.7 Å². The quantitative estimate of drug-likeness (QED) is 0.461. The van der Waals surface area contributed by atoms with Crippen molar-refractivity contribution in [1.29, 1.82) is 0 Å². The topological polar surface area (TPSA) is 32.5 Å². The maximum absolute atomic E-state index is 9.03. The van der Waals surface area contributed by atoms with E-state index in [1.165, 1.54) is 0 Å². The number of aromatic nitrogens is 1. The van der Waals surface area contributed by atoms with Crippen LogP contribution in [0, 0.1) is 13.8 Å². The van der Waals surface area contributed by atoms with Crippen LogP contribution in [0.15, 0.2) is 52.9 Å². The average Bonchev–Trinajstić information content (AvgIpc) is 3.23. The molecule has 2 unspecified atom stereocenters. The number of aryl methyl sites for hydroxylation is 2. The fourth-order valence-electron chi connectivity index (χ4n) is 4.84. The first-order valence-corrected chi connectivity index (χ1v) is 9.82. The number of hydrogen-bond acceptors (Lipinski definition) is 4. The van der Waals surface area contributed by atoms with Crippen LogP contribution in [0.4, 0.5) is 11.4 Å². The van der Waals surface area contributed by atoms with Crippen molar-refractivity contribution >= 4 is 33.4 Å². The molecular weight excluding hydrogens is 346 g/mol. The van der Waals surface area contributed by atoms with Crippen molar-refractivity contribution in [2.45, 2.75) is 39.4 Å². The summed E-state index contributed by atoms with van der Waals surface area (Å²) in [4.78, 5) is 9.13. The molecule has 0 aliphatic carbocycles. The zero-order chi connectivity index (χ0) is 20.8. The van der Waals surface area contributed by atoms with E-state index in [-0.39, 0.29) is 12.2 Å². The summed E-state index contributed by atoms with van der Waals surface area (Å²) in [7, 11) is 0. The summed E-state index contributed by atoms with van der Waals surface area (Å²) in [5, 5.41) is 2.03. The molecule has 4 heterocycles. The van der Waals surface area contributed by atoms with E-state index in [1.54, 1.807) is 0 Å². The minimum atomic E-state index is -1.46. The molecule has 1 saturated heterocycles. The standard InChI is InChI=1S/C24H23N3O/c1-14-8-10-19-20-11-9-15(2)25-24(20)28-23(19)22(14)27-16(3)26-13-18(27)12-17-6-4-5-7-21(17)26/h4-11,16,18H,12-13H2,1-3H3/i12D2. The molecule has 4 heteroatoms. The van der Waals surface area contributed by atoms with Gasteiger partial charge in [0.25, 0.3) is 0 Å². The van der Waals surface area contributed by atoms with Gasteiger partial charge >= 0.3 is 0 Å². The van der Waals surface area contributed by atoms with Gasteiger partial charge in [0.15, 0.2) is 5.58 Å². The highest BCUT2D eigenvalue weighted by Crippen LogP contribution is 2.44. The Labute approximate surface area is 167 Å². The summed E-state index contributed by atoms with van der Waals surface area (Å²) >= 11 is 0. The van der Waals surface area contributed by atoms with Crippen molar-refractivity contribution in [3.63, 3.8) is 0 Å². The largest absolute Gasteiger partial charge is 0.436 e. The zero-order valence-corrected chi connectivity index (χ0v) is 16.2. The van der Waals surface area contributed by atoms with Crippen LogP contribution in [0.2, 0.25) is 0 Å². The molecule has 0 amide bonds. The molecule has 2 aliphatic heterocycles. The molecule has 28 heavy (non-hydrogen) atoms. The third-order valence-electron chi connectivity index (χ3n) is 6.17. The Morgan fingerprint density at radius 2 is 1.89 bits per heavy atom. The van der Waals surface area contributed by atoms with Crippen LogP contribution >= 0.6 is 0 Å². The molecule has 6 rings (SSSR count). The van der Waals surface area contributed by atoms with Gasteiger partial charge in [0.1, 0.15) is 0 Å². The van der Waals surface area contributed by atoms with Crippen LogP contribution < -0.4 is 9.80 Å². The van der Waals surface area contributed by atoms with Crippen LogP contribution in [0.25, 0.3) is 22.1 Å². The number of benzene rings is 2. The van der Waals surface area contributed by atoms with Gasteiger partial charge in [0, 0.05) is 31.4 Å². The third-order valence-corrected chi connectivity index (χ3v) is 6.17. The molecule has 0 spiro atoms. The molecule has 140 valence electrons. The van der Waals surface area contributed by atoms with E-state index in [2.05, 4.69) is 46.8 Å². The second kappa shape index (κ2) is 5.51. The second-order valence-electron chi connectivity index (χ2n) is 7.88. The predicted octanol–water partition coefficient (Wildman–Crippen LogP) is 5.20. The Kier molecular flexibility index (Phi) is 2.76. The monoisotopic (exact) mass is 371 g/mol. The summed E-state index contributed by atoms with van der Waals surface area (Å²) in [6, 6.07) is 15.8. The Balaban J connectivity index is 1.62. The summed E-state index contributed by atoms with van der Waals surface area (Å²) < 4.78 is 24.4. The van der Waals surface area contributed by atoms with Gasteiger partial charge < -0.3 is 14.2 Å². The number of pyridine rings is 1. The Morgan fingerprint density at radius 1 is 1.07 bits per heavy atom. The maximum Gasteiger partial charge on any atom is 0.227 e. The number of hydrogen-bond donors (Lipinski definition) is 0. The minimum absolute atomic E-state index is 0.0148. The van der Waals surface area contributed by atoms with Crippen LogP contribution in [0.5, 0.6) is 0 Å². The third kappa shape index (κ3) is 2.03. The van der Waals surface area contributed by atoms with E-state index < -0.39 is 6.37 Å². The van der Waals surface area contributed by atoms with E-state index in [9.17, 15) is 0 Å². The van der Waals surface area contributed by atoms with Gasteiger partial charge in [-0.15, -0.1) is 0 Å². The summed E-state index contributed by atoms with van der Waals surface area (Å²) in [6.07, 6.45) is -1.45. The van der Waals surface area contributed by atoms with Gasteiger partial charge in [-0.3, -0.25) is 0 Å². The normalized spacial score (nSPS) is 23.8. The number of para-hydroxylation sites is 1. The first-order chi connectivity index (χ1) is 14.4. The maximum atomic E-state index is 9.03. The second-order valence-corrected chi connectivity index (χ2v) is 7.88. The lowest BCUT2D eigenvalue weighted by molar-refractivity contribution is 0.630. The van der Waals surface area contributed by atoms with E-state index in [4.69, 9.17) is 7.16 Å². The fraction of sp³-hybridized carbons (Fsp3) is 0.292. The molecule has 0 radical (unpaired) electrons. The van der Waals surface area contributed by atoms with E-state index in [1.807, 2.05) is 37.3 Å². The molecule has 0 N–H and O–H groups in total. The molecular formula is C24H23N3O. The van der Waals surface area contributed by atoms with Crippen LogP contribution in [0.3, 0.4) is 0 Å². The number of furan rings is 1. The van der Waals surface area contributed by atoms with Crippen molar-refractivity contribution in [3.8, 4) is 0 Å². The average molecular weight is 371 g/mol. The first kappa shape index (κ1) is 14.1. The molecule has 0 saturated carbocycles. The highest BCUT2D eigenvalue weighted by atomic mass is 16.3. The number of rotatable bonds is 1. The Morgan fingerprint density at radius 3 is 2.79 bits per heavy atom.